The zero-order valence-corrected chi connectivity index (χ0v) is 12.4. The normalized spacial score (nSPS) is 13.8. The first kappa shape index (κ1) is 14.6. The van der Waals surface area contributed by atoms with Gasteiger partial charge < -0.3 is 14.9 Å². The summed E-state index contributed by atoms with van der Waals surface area (Å²) in [6, 6.07) is 5.58. The molecular formula is C16H14O5S. The van der Waals surface area contributed by atoms with Crippen LogP contribution in [0.25, 0.3) is 0 Å². The van der Waals surface area contributed by atoms with Crippen molar-refractivity contribution in [3.05, 3.63) is 45.6 Å². The molecule has 0 unspecified atom stereocenters. The first-order chi connectivity index (χ1) is 10.6. The van der Waals surface area contributed by atoms with Gasteiger partial charge in [-0.15, -0.1) is 11.3 Å². The highest BCUT2D eigenvalue weighted by Crippen LogP contribution is 2.43. The van der Waals surface area contributed by atoms with E-state index in [0.717, 1.165) is 24.5 Å². The lowest BCUT2D eigenvalue weighted by Crippen LogP contribution is -2.14. The minimum absolute atomic E-state index is 0.0131. The molecule has 1 fully saturated rings. The second-order valence-electron chi connectivity index (χ2n) is 5.18. The number of aromatic hydroxyl groups is 2. The smallest absolute Gasteiger partial charge is 0.349 e. The third-order valence-corrected chi connectivity index (χ3v) is 4.42. The molecule has 0 spiro atoms. The fraction of sp³-hybridized carbons (Fsp3) is 0.250. The molecule has 1 aliphatic rings. The zero-order valence-electron chi connectivity index (χ0n) is 11.6. The summed E-state index contributed by atoms with van der Waals surface area (Å²) in [6.07, 6.45) is 2.16. The van der Waals surface area contributed by atoms with Crippen molar-refractivity contribution >= 4 is 23.1 Å². The maximum absolute atomic E-state index is 12.1. The van der Waals surface area contributed by atoms with Crippen LogP contribution in [0.5, 0.6) is 11.5 Å². The molecule has 0 saturated heterocycles. The molecule has 1 heterocycles. The summed E-state index contributed by atoms with van der Waals surface area (Å²) < 4.78 is 5.05. The summed E-state index contributed by atoms with van der Waals surface area (Å²) in [7, 11) is 0. The van der Waals surface area contributed by atoms with Crippen LogP contribution in [0.1, 0.15) is 44.4 Å². The average molecular weight is 318 g/mol. The summed E-state index contributed by atoms with van der Waals surface area (Å²) >= 11 is 1.31. The van der Waals surface area contributed by atoms with Crippen molar-refractivity contribution < 1.29 is 24.5 Å². The topological polar surface area (TPSA) is 83.8 Å². The molecule has 0 radical (unpaired) electrons. The number of rotatable bonds is 5. The van der Waals surface area contributed by atoms with Crippen molar-refractivity contribution in [2.24, 2.45) is 0 Å². The molecule has 1 aliphatic carbocycles. The third kappa shape index (κ3) is 2.96. The molecular weight excluding hydrogens is 304 g/mol. The molecule has 114 valence electrons. The number of benzene rings is 1. The number of carbonyl (C=O) groups excluding carboxylic acids is 2. The highest BCUT2D eigenvalue weighted by atomic mass is 32.1. The molecule has 1 aromatic carbocycles. The molecule has 22 heavy (non-hydrogen) atoms. The van der Waals surface area contributed by atoms with E-state index >= 15 is 0 Å². The molecule has 0 amide bonds. The standard InChI is InChI=1S/C16H14O5S/c17-10-3-4-12(13(18)7-10)14(19)8-21-16(20)15-11(5-6-22-15)9-1-2-9/h3-7,9,17-18H,1-2,8H2. The summed E-state index contributed by atoms with van der Waals surface area (Å²) in [6.45, 7) is -0.445. The molecule has 6 heteroatoms. The van der Waals surface area contributed by atoms with Crippen molar-refractivity contribution in [2.45, 2.75) is 18.8 Å². The van der Waals surface area contributed by atoms with E-state index in [0.29, 0.717) is 10.8 Å². The fourth-order valence-electron chi connectivity index (χ4n) is 2.23. The minimum Gasteiger partial charge on any atom is -0.508 e. The quantitative estimate of drug-likeness (QED) is 0.654. The zero-order chi connectivity index (χ0) is 15.7. The van der Waals surface area contributed by atoms with Gasteiger partial charge in [0.05, 0.1) is 5.56 Å². The molecule has 2 N–H and O–H groups in total. The summed E-state index contributed by atoms with van der Waals surface area (Å²) in [5, 5.41) is 20.7. The van der Waals surface area contributed by atoms with Crippen LogP contribution in [0.3, 0.4) is 0 Å². The molecule has 2 aromatic rings. The van der Waals surface area contributed by atoms with Gasteiger partial charge in [-0.2, -0.15) is 0 Å². The predicted octanol–water partition coefficient (Wildman–Crippen LogP) is 3.08. The Bertz CT molecular complexity index is 730. The molecule has 0 aliphatic heterocycles. The number of carbonyl (C=O) groups is 2. The van der Waals surface area contributed by atoms with Crippen molar-refractivity contribution in [1.29, 1.82) is 0 Å². The van der Waals surface area contributed by atoms with Gasteiger partial charge in [0.2, 0.25) is 5.78 Å². The van der Waals surface area contributed by atoms with Crippen LogP contribution in [0.15, 0.2) is 29.6 Å². The Hall–Kier alpha value is -2.34. The highest BCUT2D eigenvalue weighted by Gasteiger charge is 2.29. The van der Waals surface area contributed by atoms with Gasteiger partial charge in [-0.3, -0.25) is 4.79 Å². The molecule has 0 atom stereocenters. The second kappa shape index (κ2) is 5.81. The van der Waals surface area contributed by atoms with Crippen LogP contribution < -0.4 is 0 Å². The van der Waals surface area contributed by atoms with Crippen LogP contribution in [0.4, 0.5) is 0 Å². The average Bonchev–Trinajstić information content (AvgIpc) is 3.21. The van der Waals surface area contributed by atoms with Crippen LogP contribution in [0.2, 0.25) is 0 Å². The second-order valence-corrected chi connectivity index (χ2v) is 6.10. The van der Waals surface area contributed by atoms with Crippen LogP contribution in [0, 0.1) is 0 Å². The Morgan fingerprint density at radius 2 is 2.00 bits per heavy atom. The molecule has 5 nitrogen and oxygen atoms in total. The third-order valence-electron chi connectivity index (χ3n) is 3.51. The molecule has 3 rings (SSSR count). The number of ketones is 1. The number of phenolic OH excluding ortho intramolecular Hbond substituents is 2. The van der Waals surface area contributed by atoms with Gasteiger partial charge in [0.1, 0.15) is 16.4 Å². The van der Waals surface area contributed by atoms with Gasteiger partial charge in [-0.1, -0.05) is 0 Å². The number of esters is 1. The van der Waals surface area contributed by atoms with Gasteiger partial charge in [-0.25, -0.2) is 4.79 Å². The number of thiophene rings is 1. The Morgan fingerprint density at radius 1 is 1.23 bits per heavy atom. The number of Topliss-reactive ketones (excluding diaryl/α,β-unsaturated/α-hetero) is 1. The SMILES string of the molecule is O=C(COC(=O)c1sccc1C1CC1)c1ccc(O)cc1O. The lowest BCUT2D eigenvalue weighted by atomic mass is 10.1. The van der Waals surface area contributed by atoms with Crippen molar-refractivity contribution in [1.82, 2.24) is 0 Å². The molecule has 1 aromatic heterocycles. The summed E-state index contributed by atoms with van der Waals surface area (Å²) in [5.41, 5.74) is 1.01. The first-order valence-electron chi connectivity index (χ1n) is 6.86. The Morgan fingerprint density at radius 3 is 2.68 bits per heavy atom. The van der Waals surface area contributed by atoms with E-state index in [4.69, 9.17) is 4.74 Å². The molecule has 0 bridgehead atoms. The van der Waals surface area contributed by atoms with E-state index in [9.17, 15) is 19.8 Å². The van der Waals surface area contributed by atoms with E-state index in [-0.39, 0.29) is 17.1 Å². The fourth-order valence-corrected chi connectivity index (χ4v) is 3.11. The number of phenols is 2. The van der Waals surface area contributed by atoms with E-state index < -0.39 is 18.4 Å². The monoisotopic (exact) mass is 318 g/mol. The lowest BCUT2D eigenvalue weighted by Gasteiger charge is -2.06. The van der Waals surface area contributed by atoms with Gasteiger partial charge in [0, 0.05) is 6.07 Å². The van der Waals surface area contributed by atoms with Crippen LogP contribution in [-0.4, -0.2) is 28.6 Å². The van der Waals surface area contributed by atoms with E-state index in [2.05, 4.69) is 0 Å². The number of ether oxygens (including phenoxy) is 1. The van der Waals surface area contributed by atoms with Gasteiger partial charge in [0.15, 0.2) is 6.61 Å². The van der Waals surface area contributed by atoms with Crippen molar-refractivity contribution in [2.75, 3.05) is 6.61 Å². The van der Waals surface area contributed by atoms with Gasteiger partial charge in [0.25, 0.3) is 0 Å². The number of hydrogen-bond donors (Lipinski definition) is 2. The van der Waals surface area contributed by atoms with Crippen molar-refractivity contribution in [3.8, 4) is 11.5 Å². The van der Waals surface area contributed by atoms with E-state index in [1.54, 1.807) is 0 Å². The lowest BCUT2D eigenvalue weighted by molar-refractivity contribution is 0.0477. The predicted molar refractivity (Wildman–Crippen MR) is 80.7 cm³/mol. The molecule has 1 saturated carbocycles. The highest BCUT2D eigenvalue weighted by molar-refractivity contribution is 7.12. The van der Waals surface area contributed by atoms with Gasteiger partial charge in [-0.05, 0) is 47.9 Å². The van der Waals surface area contributed by atoms with Crippen molar-refractivity contribution in [3.63, 3.8) is 0 Å². The number of hydrogen-bond acceptors (Lipinski definition) is 6. The summed E-state index contributed by atoms with van der Waals surface area (Å²) in [5.74, 6) is -1.07. The van der Waals surface area contributed by atoms with E-state index in [1.165, 1.54) is 23.5 Å². The maximum Gasteiger partial charge on any atom is 0.349 e. The minimum atomic E-state index is -0.518. The first-order valence-corrected chi connectivity index (χ1v) is 7.74. The Labute approximate surface area is 130 Å². The Balaban J connectivity index is 1.65. The van der Waals surface area contributed by atoms with Crippen LogP contribution in [-0.2, 0) is 4.74 Å². The van der Waals surface area contributed by atoms with E-state index in [1.807, 2.05) is 11.4 Å². The largest absolute Gasteiger partial charge is 0.508 e. The van der Waals surface area contributed by atoms with Gasteiger partial charge >= 0.3 is 5.97 Å². The van der Waals surface area contributed by atoms with Crippen LogP contribution >= 0.6 is 11.3 Å². The Kier molecular flexibility index (Phi) is 3.85. The maximum atomic E-state index is 12.1. The summed E-state index contributed by atoms with van der Waals surface area (Å²) in [4.78, 5) is 24.6.